The molecule has 1 fully saturated rings. The lowest BCUT2D eigenvalue weighted by Crippen LogP contribution is -2.35. The molecule has 4 rings (SSSR count). The van der Waals surface area contributed by atoms with Crippen LogP contribution < -0.4 is 4.74 Å². The predicted molar refractivity (Wildman–Crippen MR) is 102 cm³/mol. The molecule has 2 aromatic heterocycles. The van der Waals surface area contributed by atoms with E-state index >= 15 is 0 Å². The molecule has 0 saturated carbocycles. The van der Waals surface area contributed by atoms with Crippen LogP contribution in [0.3, 0.4) is 0 Å². The summed E-state index contributed by atoms with van der Waals surface area (Å²) in [5.41, 5.74) is 4.03. The van der Waals surface area contributed by atoms with E-state index in [4.69, 9.17) is 14.2 Å². The van der Waals surface area contributed by atoms with Crippen molar-refractivity contribution >= 4 is 28.0 Å². The summed E-state index contributed by atoms with van der Waals surface area (Å²) < 4.78 is 15.6. The number of pyridine rings is 1. The Kier molecular flexibility index (Phi) is 4.96. The van der Waals surface area contributed by atoms with Crippen molar-refractivity contribution < 1.29 is 19.0 Å². The van der Waals surface area contributed by atoms with Gasteiger partial charge in [-0.25, -0.2) is 9.78 Å². The third-order valence-electron chi connectivity index (χ3n) is 4.89. The summed E-state index contributed by atoms with van der Waals surface area (Å²) >= 11 is 0. The minimum absolute atomic E-state index is 0.261. The fourth-order valence-electron chi connectivity index (χ4n) is 3.62. The summed E-state index contributed by atoms with van der Waals surface area (Å²) in [5, 5.41) is 2.18. The molecule has 3 aromatic rings. The van der Waals surface area contributed by atoms with Gasteiger partial charge >= 0.3 is 6.16 Å². The van der Waals surface area contributed by atoms with Crippen molar-refractivity contribution in [1.29, 1.82) is 0 Å². The number of carbonyl (C=O) groups excluding carboxylic acids is 1. The van der Waals surface area contributed by atoms with Gasteiger partial charge in [-0.1, -0.05) is 12.1 Å². The lowest BCUT2D eigenvalue weighted by atomic mass is 10.0. The molecule has 0 atom stereocenters. The van der Waals surface area contributed by atoms with Gasteiger partial charge in [0.1, 0.15) is 0 Å². The first kappa shape index (κ1) is 17.8. The van der Waals surface area contributed by atoms with Crippen molar-refractivity contribution in [3.8, 4) is 5.88 Å². The molecule has 0 unspecified atom stereocenters. The van der Waals surface area contributed by atoms with Gasteiger partial charge in [-0.3, -0.25) is 4.90 Å². The number of H-pyrrole nitrogens is 1. The Balaban J connectivity index is 1.78. The monoisotopic (exact) mass is 369 g/mol. The number of aromatic amines is 1. The number of morpholine rings is 1. The Bertz CT molecular complexity index is 976. The summed E-state index contributed by atoms with van der Waals surface area (Å²) in [6, 6.07) is 6.27. The first-order valence-electron chi connectivity index (χ1n) is 9.21. The lowest BCUT2D eigenvalue weighted by molar-refractivity contribution is 0.0344. The van der Waals surface area contributed by atoms with Crippen LogP contribution in [0.4, 0.5) is 4.79 Å². The lowest BCUT2D eigenvalue weighted by Gasteiger charge is -2.26. The van der Waals surface area contributed by atoms with Crippen LogP contribution in [0.1, 0.15) is 18.1 Å². The van der Waals surface area contributed by atoms with Crippen molar-refractivity contribution in [1.82, 2.24) is 14.9 Å². The van der Waals surface area contributed by atoms with E-state index in [-0.39, 0.29) is 12.5 Å². The van der Waals surface area contributed by atoms with Gasteiger partial charge in [-0.05, 0) is 25.5 Å². The minimum atomic E-state index is -0.735. The summed E-state index contributed by atoms with van der Waals surface area (Å²) in [4.78, 5) is 21.8. The first-order chi connectivity index (χ1) is 13.2. The number of hydrogen-bond acceptors (Lipinski definition) is 6. The Morgan fingerprint density at radius 2 is 2.07 bits per heavy atom. The topological polar surface area (TPSA) is 76.7 Å². The van der Waals surface area contributed by atoms with E-state index in [9.17, 15) is 4.79 Å². The van der Waals surface area contributed by atoms with Gasteiger partial charge in [0, 0.05) is 41.5 Å². The second-order valence-corrected chi connectivity index (χ2v) is 6.62. The van der Waals surface area contributed by atoms with Crippen LogP contribution in [0.2, 0.25) is 0 Å². The molecule has 0 bridgehead atoms. The number of fused-ring (bicyclic) bond motifs is 3. The van der Waals surface area contributed by atoms with Crippen molar-refractivity contribution in [3.63, 3.8) is 0 Å². The summed E-state index contributed by atoms with van der Waals surface area (Å²) in [6.07, 6.45) is 0.968. The fraction of sp³-hybridized carbons (Fsp3) is 0.400. The van der Waals surface area contributed by atoms with Crippen LogP contribution in [0.15, 0.2) is 24.4 Å². The van der Waals surface area contributed by atoms with Gasteiger partial charge in [0.15, 0.2) is 0 Å². The zero-order valence-electron chi connectivity index (χ0n) is 15.6. The number of aryl methyl sites for hydroxylation is 1. The number of benzene rings is 1. The third-order valence-corrected chi connectivity index (χ3v) is 4.89. The molecule has 0 amide bonds. The maximum absolute atomic E-state index is 11.7. The highest BCUT2D eigenvalue weighted by atomic mass is 16.7. The van der Waals surface area contributed by atoms with E-state index in [1.807, 2.05) is 6.92 Å². The molecule has 0 aliphatic carbocycles. The highest BCUT2D eigenvalue weighted by Crippen LogP contribution is 2.34. The van der Waals surface area contributed by atoms with Crippen molar-refractivity contribution in [3.05, 3.63) is 35.5 Å². The SMILES string of the molecule is CCOC(=O)Oc1ncc2[nH]c3cccc(CN4CCOCC4)c3c2c1C. The zero-order valence-corrected chi connectivity index (χ0v) is 15.6. The zero-order chi connectivity index (χ0) is 18.8. The Hall–Kier alpha value is -2.64. The highest BCUT2D eigenvalue weighted by Gasteiger charge is 2.19. The highest BCUT2D eigenvalue weighted by molar-refractivity contribution is 6.10. The van der Waals surface area contributed by atoms with Gasteiger partial charge in [0.25, 0.3) is 0 Å². The molecule has 1 aromatic carbocycles. The van der Waals surface area contributed by atoms with Crippen molar-refractivity contribution in [2.75, 3.05) is 32.9 Å². The third kappa shape index (κ3) is 3.48. The molecule has 3 heterocycles. The Morgan fingerprint density at radius 3 is 2.85 bits per heavy atom. The molecule has 7 nitrogen and oxygen atoms in total. The minimum Gasteiger partial charge on any atom is -0.434 e. The van der Waals surface area contributed by atoms with Crippen LogP contribution >= 0.6 is 0 Å². The van der Waals surface area contributed by atoms with Crippen molar-refractivity contribution in [2.45, 2.75) is 20.4 Å². The second kappa shape index (κ2) is 7.54. The van der Waals surface area contributed by atoms with E-state index in [1.54, 1.807) is 13.1 Å². The van der Waals surface area contributed by atoms with E-state index < -0.39 is 6.16 Å². The molecule has 0 spiro atoms. The molecule has 7 heteroatoms. The standard InChI is InChI=1S/C20H23N3O4/c1-3-26-20(24)27-19-13(2)17-16(11-21-19)22-15-6-4-5-14(18(15)17)12-23-7-9-25-10-8-23/h4-6,11,22H,3,7-10,12H2,1-2H3. The maximum atomic E-state index is 11.7. The van der Waals surface area contributed by atoms with E-state index in [2.05, 4.69) is 33.1 Å². The number of nitrogens with zero attached hydrogens (tertiary/aromatic N) is 2. The summed E-state index contributed by atoms with van der Waals surface area (Å²) in [6.45, 7) is 8.16. The Labute approximate surface area is 157 Å². The van der Waals surface area contributed by atoms with Crippen molar-refractivity contribution in [2.24, 2.45) is 0 Å². The molecule has 1 N–H and O–H groups in total. The predicted octanol–water partition coefficient (Wildman–Crippen LogP) is 3.39. The van der Waals surface area contributed by atoms with Crippen LogP contribution in [-0.2, 0) is 16.0 Å². The molecular weight excluding hydrogens is 346 g/mol. The molecular formula is C20H23N3O4. The largest absolute Gasteiger partial charge is 0.515 e. The van der Waals surface area contributed by atoms with Crippen LogP contribution in [0.5, 0.6) is 5.88 Å². The number of rotatable bonds is 4. The first-order valence-corrected chi connectivity index (χ1v) is 9.21. The molecule has 27 heavy (non-hydrogen) atoms. The van der Waals surface area contributed by atoms with Gasteiger partial charge < -0.3 is 19.2 Å². The van der Waals surface area contributed by atoms with E-state index in [1.165, 1.54) is 5.56 Å². The molecule has 1 saturated heterocycles. The van der Waals surface area contributed by atoms with Crippen LogP contribution in [-0.4, -0.2) is 53.9 Å². The van der Waals surface area contributed by atoms with E-state index in [0.29, 0.717) is 0 Å². The number of aromatic nitrogens is 2. The fourth-order valence-corrected chi connectivity index (χ4v) is 3.62. The van der Waals surface area contributed by atoms with Crippen LogP contribution in [0, 0.1) is 6.92 Å². The average molecular weight is 369 g/mol. The number of nitrogens with one attached hydrogen (secondary N) is 1. The number of carbonyl (C=O) groups is 1. The summed E-state index contributed by atoms with van der Waals surface area (Å²) in [7, 11) is 0. The normalized spacial score (nSPS) is 15.3. The molecule has 1 aliphatic rings. The molecule has 0 radical (unpaired) electrons. The Morgan fingerprint density at radius 1 is 1.26 bits per heavy atom. The number of hydrogen-bond donors (Lipinski definition) is 1. The smallest absolute Gasteiger partial charge is 0.434 e. The maximum Gasteiger partial charge on any atom is 0.515 e. The molecule has 142 valence electrons. The number of ether oxygens (including phenoxy) is 3. The van der Waals surface area contributed by atoms with Crippen LogP contribution in [0.25, 0.3) is 21.8 Å². The quantitative estimate of drug-likeness (QED) is 0.711. The molecule has 1 aliphatic heterocycles. The summed E-state index contributed by atoms with van der Waals surface area (Å²) in [5.74, 6) is 0.281. The van der Waals surface area contributed by atoms with Gasteiger partial charge in [-0.15, -0.1) is 0 Å². The van der Waals surface area contributed by atoms with Gasteiger partial charge in [0.05, 0.1) is 31.5 Å². The van der Waals surface area contributed by atoms with E-state index in [0.717, 1.165) is 60.2 Å². The second-order valence-electron chi connectivity index (χ2n) is 6.62. The average Bonchev–Trinajstić information content (AvgIpc) is 3.05. The van der Waals surface area contributed by atoms with Gasteiger partial charge in [0.2, 0.25) is 5.88 Å². The van der Waals surface area contributed by atoms with Gasteiger partial charge in [-0.2, -0.15) is 0 Å².